The van der Waals surface area contributed by atoms with Crippen molar-refractivity contribution < 1.29 is 4.74 Å². The fourth-order valence-corrected chi connectivity index (χ4v) is 4.55. The lowest BCUT2D eigenvalue weighted by molar-refractivity contribution is -0.0751. The molecule has 1 saturated carbocycles. The van der Waals surface area contributed by atoms with Gasteiger partial charge < -0.3 is 10.1 Å². The molecular formula is C16H26ClNOS. The minimum atomic E-state index is -0.00351. The van der Waals surface area contributed by atoms with Gasteiger partial charge in [-0.05, 0) is 45.4 Å². The highest BCUT2D eigenvalue weighted by atomic mass is 35.5. The first-order valence-electron chi connectivity index (χ1n) is 7.75. The van der Waals surface area contributed by atoms with Crippen molar-refractivity contribution in [3.63, 3.8) is 0 Å². The molecule has 0 saturated heterocycles. The maximum Gasteiger partial charge on any atom is 0.0931 e. The number of ether oxygens (including phenoxy) is 1. The van der Waals surface area contributed by atoms with Crippen molar-refractivity contribution in [1.82, 2.24) is 5.32 Å². The Labute approximate surface area is 131 Å². The van der Waals surface area contributed by atoms with E-state index >= 15 is 0 Å². The molecule has 2 nitrogen and oxygen atoms in total. The summed E-state index contributed by atoms with van der Waals surface area (Å²) in [6.07, 6.45) is 8.60. The molecule has 20 heavy (non-hydrogen) atoms. The summed E-state index contributed by atoms with van der Waals surface area (Å²) < 4.78 is 7.17. The normalized spacial score (nSPS) is 20.6. The number of hydrogen-bond donors (Lipinski definition) is 1. The number of rotatable bonds is 6. The molecule has 1 heterocycles. The third-order valence-corrected chi connectivity index (χ3v) is 5.65. The Bertz CT molecular complexity index is 399. The van der Waals surface area contributed by atoms with E-state index in [0.717, 1.165) is 17.4 Å². The van der Waals surface area contributed by atoms with E-state index in [2.05, 4.69) is 25.4 Å². The lowest BCUT2D eigenvalue weighted by Crippen LogP contribution is -2.52. The van der Waals surface area contributed by atoms with Gasteiger partial charge in [-0.2, -0.15) is 0 Å². The van der Waals surface area contributed by atoms with Gasteiger partial charge in [0.1, 0.15) is 0 Å². The van der Waals surface area contributed by atoms with Crippen LogP contribution in [0.3, 0.4) is 0 Å². The Morgan fingerprint density at radius 2 is 2.00 bits per heavy atom. The van der Waals surface area contributed by atoms with Crippen LogP contribution in [0.2, 0.25) is 4.34 Å². The Kier molecular flexibility index (Phi) is 6.34. The SMILES string of the molecule is CCOC1(C(Cc2ccc(Cl)s2)NC)CCCCCC1. The molecule has 0 amide bonds. The summed E-state index contributed by atoms with van der Waals surface area (Å²) in [6.45, 7) is 2.91. The van der Waals surface area contributed by atoms with E-state index in [-0.39, 0.29) is 5.60 Å². The molecule has 1 aliphatic carbocycles. The molecule has 0 aliphatic heterocycles. The smallest absolute Gasteiger partial charge is 0.0931 e. The molecule has 4 heteroatoms. The maximum atomic E-state index is 6.29. The number of thiophene rings is 1. The molecule has 0 spiro atoms. The van der Waals surface area contributed by atoms with Crippen LogP contribution in [0.1, 0.15) is 50.3 Å². The highest BCUT2D eigenvalue weighted by Gasteiger charge is 2.39. The van der Waals surface area contributed by atoms with Crippen LogP contribution in [-0.4, -0.2) is 25.3 Å². The van der Waals surface area contributed by atoms with Crippen LogP contribution in [0.4, 0.5) is 0 Å². The van der Waals surface area contributed by atoms with Gasteiger partial charge in [0.05, 0.1) is 9.94 Å². The van der Waals surface area contributed by atoms with Gasteiger partial charge in [0, 0.05) is 17.5 Å². The predicted molar refractivity (Wildman–Crippen MR) is 87.9 cm³/mol. The van der Waals surface area contributed by atoms with E-state index in [9.17, 15) is 0 Å². The zero-order chi connectivity index (χ0) is 14.4. The first-order chi connectivity index (χ1) is 9.70. The van der Waals surface area contributed by atoms with E-state index in [1.807, 2.05) is 6.07 Å². The fraction of sp³-hybridized carbons (Fsp3) is 0.750. The second-order valence-corrected chi connectivity index (χ2v) is 7.46. The second-order valence-electron chi connectivity index (χ2n) is 5.66. The summed E-state index contributed by atoms with van der Waals surface area (Å²) in [5, 5.41) is 3.52. The van der Waals surface area contributed by atoms with E-state index in [1.165, 1.54) is 43.4 Å². The van der Waals surface area contributed by atoms with Crippen LogP contribution in [0, 0.1) is 0 Å². The highest BCUT2D eigenvalue weighted by molar-refractivity contribution is 7.16. The molecule has 1 fully saturated rings. The minimum absolute atomic E-state index is 0.00351. The van der Waals surface area contributed by atoms with E-state index in [1.54, 1.807) is 11.3 Å². The average molecular weight is 316 g/mol. The Morgan fingerprint density at radius 3 is 2.50 bits per heavy atom. The molecule has 114 valence electrons. The van der Waals surface area contributed by atoms with Crippen LogP contribution >= 0.6 is 22.9 Å². The molecule has 1 aliphatic rings. The summed E-state index contributed by atoms with van der Waals surface area (Å²) in [5.41, 5.74) is -0.00351. The first-order valence-corrected chi connectivity index (χ1v) is 8.95. The summed E-state index contributed by atoms with van der Waals surface area (Å²) >= 11 is 7.75. The number of hydrogen-bond acceptors (Lipinski definition) is 3. The van der Waals surface area contributed by atoms with Crippen molar-refractivity contribution in [3.05, 3.63) is 21.3 Å². The van der Waals surface area contributed by atoms with Gasteiger partial charge in [-0.1, -0.05) is 37.3 Å². The van der Waals surface area contributed by atoms with Gasteiger partial charge in [0.25, 0.3) is 0 Å². The quantitative estimate of drug-likeness (QED) is 0.771. The van der Waals surface area contributed by atoms with E-state index in [0.29, 0.717) is 6.04 Å². The molecule has 0 radical (unpaired) electrons. The molecule has 0 bridgehead atoms. The predicted octanol–water partition coefficient (Wildman–Crippen LogP) is 4.66. The summed E-state index contributed by atoms with van der Waals surface area (Å²) in [7, 11) is 2.06. The summed E-state index contributed by atoms with van der Waals surface area (Å²) in [4.78, 5) is 1.35. The monoisotopic (exact) mass is 315 g/mol. The summed E-state index contributed by atoms with van der Waals surface area (Å²) in [6, 6.07) is 4.51. The molecule has 1 aromatic rings. The zero-order valence-electron chi connectivity index (χ0n) is 12.6. The first kappa shape index (κ1) is 16.3. The molecule has 1 N–H and O–H groups in total. The van der Waals surface area contributed by atoms with Gasteiger partial charge in [0.15, 0.2) is 0 Å². The molecule has 1 atom stereocenters. The Hall–Kier alpha value is -0.0900. The van der Waals surface area contributed by atoms with Gasteiger partial charge in [0.2, 0.25) is 0 Å². The van der Waals surface area contributed by atoms with Crippen molar-refractivity contribution in [2.45, 2.75) is 63.5 Å². The minimum Gasteiger partial charge on any atom is -0.374 e. The Morgan fingerprint density at radius 1 is 1.30 bits per heavy atom. The lowest BCUT2D eigenvalue weighted by Gasteiger charge is -2.40. The topological polar surface area (TPSA) is 21.3 Å². The van der Waals surface area contributed by atoms with Gasteiger partial charge in [-0.25, -0.2) is 0 Å². The second kappa shape index (κ2) is 7.79. The molecule has 2 rings (SSSR count). The molecule has 1 unspecified atom stereocenters. The fourth-order valence-electron chi connectivity index (χ4n) is 3.42. The molecule has 0 aromatic carbocycles. The lowest BCUT2D eigenvalue weighted by atomic mass is 9.84. The van der Waals surface area contributed by atoms with Gasteiger partial charge in [-0.3, -0.25) is 0 Å². The van der Waals surface area contributed by atoms with E-state index in [4.69, 9.17) is 16.3 Å². The van der Waals surface area contributed by atoms with Crippen molar-refractivity contribution in [2.75, 3.05) is 13.7 Å². The highest BCUT2D eigenvalue weighted by Crippen LogP contribution is 2.36. The number of likely N-dealkylation sites (N-methyl/N-ethyl adjacent to an activating group) is 1. The number of nitrogens with one attached hydrogen (secondary N) is 1. The van der Waals surface area contributed by atoms with Crippen molar-refractivity contribution in [1.29, 1.82) is 0 Å². The van der Waals surface area contributed by atoms with Crippen molar-refractivity contribution in [2.24, 2.45) is 0 Å². The van der Waals surface area contributed by atoms with E-state index < -0.39 is 0 Å². The van der Waals surface area contributed by atoms with Crippen LogP contribution in [0.25, 0.3) is 0 Å². The zero-order valence-corrected chi connectivity index (χ0v) is 14.2. The van der Waals surface area contributed by atoms with Gasteiger partial charge in [-0.15, -0.1) is 11.3 Å². The maximum absolute atomic E-state index is 6.29. The van der Waals surface area contributed by atoms with Gasteiger partial charge >= 0.3 is 0 Å². The third-order valence-electron chi connectivity index (χ3n) is 4.40. The average Bonchev–Trinajstić information content (AvgIpc) is 2.71. The third kappa shape index (κ3) is 3.97. The standard InChI is InChI=1S/C16H26ClNOS/c1-3-19-16(10-6-4-5-7-11-16)14(18-2)12-13-8-9-15(17)20-13/h8-9,14,18H,3-7,10-12H2,1-2H3. The molecule has 1 aromatic heterocycles. The van der Waals surface area contributed by atoms with Crippen LogP contribution in [0.15, 0.2) is 12.1 Å². The van der Waals surface area contributed by atoms with Crippen LogP contribution in [-0.2, 0) is 11.2 Å². The van der Waals surface area contributed by atoms with Crippen molar-refractivity contribution in [3.8, 4) is 0 Å². The molecular weight excluding hydrogens is 290 g/mol. The largest absolute Gasteiger partial charge is 0.374 e. The Balaban J connectivity index is 2.15. The van der Waals surface area contributed by atoms with Crippen molar-refractivity contribution >= 4 is 22.9 Å². The van der Waals surface area contributed by atoms with Crippen LogP contribution < -0.4 is 5.32 Å². The summed E-state index contributed by atoms with van der Waals surface area (Å²) in [5.74, 6) is 0. The van der Waals surface area contributed by atoms with Crippen LogP contribution in [0.5, 0.6) is 0 Å². The number of halogens is 1.